The van der Waals surface area contributed by atoms with Crippen LogP contribution in [0, 0.1) is 0 Å². The van der Waals surface area contributed by atoms with Gasteiger partial charge in [-0.3, -0.25) is 4.79 Å². The number of sulfonamides is 1. The van der Waals surface area contributed by atoms with Crippen LogP contribution in [0.25, 0.3) is 0 Å². The largest absolute Gasteiger partial charge is 0.359 e. The average Bonchev–Trinajstić information content (AvgIpc) is 2.28. The van der Waals surface area contributed by atoms with Gasteiger partial charge in [0.15, 0.2) is 0 Å². The average molecular weight is 263 g/mol. The van der Waals surface area contributed by atoms with Gasteiger partial charge in [0, 0.05) is 39.6 Å². The van der Waals surface area contributed by atoms with Gasteiger partial charge < -0.3 is 10.2 Å². The zero-order valence-electron chi connectivity index (χ0n) is 10.5. The molecule has 1 aliphatic rings. The Morgan fingerprint density at radius 1 is 1.24 bits per heavy atom. The third kappa shape index (κ3) is 5.01. The topological polar surface area (TPSA) is 69.7 Å². The van der Waals surface area contributed by atoms with E-state index in [0.29, 0.717) is 19.5 Å². The van der Waals surface area contributed by atoms with Crippen LogP contribution in [0.5, 0.6) is 0 Å². The van der Waals surface area contributed by atoms with Gasteiger partial charge in [0.05, 0.1) is 6.26 Å². The maximum Gasteiger partial charge on any atom is 0.219 e. The molecule has 6 nitrogen and oxygen atoms in total. The first-order valence-corrected chi connectivity index (χ1v) is 7.66. The molecule has 1 N–H and O–H groups in total. The highest BCUT2D eigenvalue weighted by Gasteiger charge is 2.22. The molecule has 1 fully saturated rings. The number of nitrogens with one attached hydrogen (secondary N) is 1. The summed E-state index contributed by atoms with van der Waals surface area (Å²) < 4.78 is 24.1. The third-order valence-electron chi connectivity index (χ3n) is 2.96. The fourth-order valence-corrected chi connectivity index (χ4v) is 2.70. The van der Waals surface area contributed by atoms with Crippen LogP contribution in [0.1, 0.15) is 12.8 Å². The summed E-state index contributed by atoms with van der Waals surface area (Å²) in [6.45, 7) is 3.46. The summed E-state index contributed by atoms with van der Waals surface area (Å²) in [6, 6.07) is 0. The van der Waals surface area contributed by atoms with Crippen molar-refractivity contribution in [3.8, 4) is 0 Å². The van der Waals surface area contributed by atoms with E-state index in [0.717, 1.165) is 26.1 Å². The first-order chi connectivity index (χ1) is 7.93. The van der Waals surface area contributed by atoms with Crippen LogP contribution in [-0.2, 0) is 14.8 Å². The number of rotatable bonds is 5. The Hall–Kier alpha value is -0.660. The molecule has 0 aromatic carbocycles. The molecule has 0 unspecified atom stereocenters. The second kappa shape index (κ2) is 6.32. The van der Waals surface area contributed by atoms with Crippen molar-refractivity contribution in [1.29, 1.82) is 0 Å². The van der Waals surface area contributed by atoms with E-state index in [-0.39, 0.29) is 5.91 Å². The zero-order chi connectivity index (χ0) is 12.9. The van der Waals surface area contributed by atoms with Gasteiger partial charge in [0.25, 0.3) is 0 Å². The zero-order valence-corrected chi connectivity index (χ0v) is 11.3. The fourth-order valence-electron chi connectivity index (χ4n) is 1.87. The molecule has 0 aliphatic carbocycles. The number of nitrogens with zero attached hydrogens (tertiary/aromatic N) is 2. The fraction of sp³-hybridized carbons (Fsp3) is 0.900. The van der Waals surface area contributed by atoms with E-state index in [1.54, 1.807) is 7.05 Å². The van der Waals surface area contributed by atoms with E-state index in [1.165, 1.54) is 10.6 Å². The van der Waals surface area contributed by atoms with Gasteiger partial charge in [-0.1, -0.05) is 0 Å². The van der Waals surface area contributed by atoms with Crippen molar-refractivity contribution in [1.82, 2.24) is 14.5 Å². The maximum absolute atomic E-state index is 11.3. The van der Waals surface area contributed by atoms with Gasteiger partial charge in [0.1, 0.15) is 0 Å². The summed E-state index contributed by atoms with van der Waals surface area (Å²) in [7, 11) is -1.41. The summed E-state index contributed by atoms with van der Waals surface area (Å²) >= 11 is 0. The van der Waals surface area contributed by atoms with Crippen molar-refractivity contribution in [2.24, 2.45) is 0 Å². The Kier molecular flexibility index (Phi) is 5.35. The van der Waals surface area contributed by atoms with Crippen molar-refractivity contribution >= 4 is 15.9 Å². The molecule has 1 heterocycles. The van der Waals surface area contributed by atoms with E-state index in [1.807, 2.05) is 0 Å². The summed E-state index contributed by atoms with van der Waals surface area (Å²) in [4.78, 5) is 13.2. The number of hydrogen-bond donors (Lipinski definition) is 1. The summed E-state index contributed by atoms with van der Waals surface area (Å²) in [5, 5.41) is 2.58. The van der Waals surface area contributed by atoms with Crippen LogP contribution in [0.4, 0.5) is 0 Å². The SMILES string of the molecule is CNC(=O)CCCN1CCN(S(C)(=O)=O)CC1. The Balaban J connectivity index is 2.22. The molecule has 0 aromatic rings. The molecule has 0 atom stereocenters. The Bertz CT molecular complexity index is 348. The maximum atomic E-state index is 11.3. The predicted molar refractivity (Wildman–Crippen MR) is 66.2 cm³/mol. The Morgan fingerprint density at radius 2 is 1.82 bits per heavy atom. The highest BCUT2D eigenvalue weighted by molar-refractivity contribution is 7.88. The molecular weight excluding hydrogens is 242 g/mol. The van der Waals surface area contributed by atoms with Crippen LogP contribution >= 0.6 is 0 Å². The Morgan fingerprint density at radius 3 is 2.29 bits per heavy atom. The van der Waals surface area contributed by atoms with Crippen molar-refractivity contribution < 1.29 is 13.2 Å². The minimum Gasteiger partial charge on any atom is -0.359 e. The molecule has 1 saturated heterocycles. The number of piperazine rings is 1. The number of carbonyl (C=O) groups is 1. The number of hydrogen-bond acceptors (Lipinski definition) is 4. The normalized spacial score (nSPS) is 19.2. The van der Waals surface area contributed by atoms with E-state index < -0.39 is 10.0 Å². The lowest BCUT2D eigenvalue weighted by atomic mass is 10.2. The molecule has 0 bridgehead atoms. The smallest absolute Gasteiger partial charge is 0.219 e. The minimum atomic E-state index is -3.04. The van der Waals surface area contributed by atoms with Crippen LogP contribution < -0.4 is 5.32 Å². The third-order valence-corrected chi connectivity index (χ3v) is 4.26. The van der Waals surface area contributed by atoms with E-state index >= 15 is 0 Å². The molecule has 0 aromatic heterocycles. The van der Waals surface area contributed by atoms with Gasteiger partial charge in [-0.2, -0.15) is 4.31 Å². The first kappa shape index (κ1) is 14.4. The van der Waals surface area contributed by atoms with Crippen molar-refractivity contribution in [2.45, 2.75) is 12.8 Å². The van der Waals surface area contributed by atoms with Gasteiger partial charge in [0.2, 0.25) is 15.9 Å². The molecule has 0 radical (unpaired) electrons. The molecule has 1 amide bonds. The lowest BCUT2D eigenvalue weighted by Gasteiger charge is -2.33. The Labute approximate surface area is 103 Å². The van der Waals surface area contributed by atoms with Crippen LogP contribution in [0.2, 0.25) is 0 Å². The van der Waals surface area contributed by atoms with Crippen molar-refractivity contribution in [2.75, 3.05) is 46.0 Å². The molecular formula is C10H21N3O3S. The molecule has 0 spiro atoms. The number of carbonyl (C=O) groups excluding carboxylic acids is 1. The second-order valence-electron chi connectivity index (χ2n) is 4.28. The van der Waals surface area contributed by atoms with Crippen molar-refractivity contribution in [3.05, 3.63) is 0 Å². The predicted octanol–water partition coefficient (Wildman–Crippen LogP) is -0.910. The lowest BCUT2D eigenvalue weighted by molar-refractivity contribution is -0.120. The van der Waals surface area contributed by atoms with E-state index in [9.17, 15) is 13.2 Å². The molecule has 17 heavy (non-hydrogen) atoms. The molecule has 7 heteroatoms. The highest BCUT2D eigenvalue weighted by Crippen LogP contribution is 2.06. The van der Waals surface area contributed by atoms with Gasteiger partial charge in [-0.25, -0.2) is 8.42 Å². The van der Waals surface area contributed by atoms with Crippen LogP contribution in [0.3, 0.4) is 0 Å². The lowest BCUT2D eigenvalue weighted by Crippen LogP contribution is -2.48. The van der Waals surface area contributed by atoms with Crippen LogP contribution in [0.15, 0.2) is 0 Å². The quantitative estimate of drug-likeness (QED) is 0.697. The molecule has 1 aliphatic heterocycles. The monoisotopic (exact) mass is 263 g/mol. The first-order valence-electron chi connectivity index (χ1n) is 5.81. The second-order valence-corrected chi connectivity index (χ2v) is 6.26. The van der Waals surface area contributed by atoms with Crippen LogP contribution in [-0.4, -0.2) is 69.6 Å². The van der Waals surface area contributed by atoms with E-state index in [2.05, 4.69) is 10.2 Å². The van der Waals surface area contributed by atoms with Gasteiger partial charge >= 0.3 is 0 Å². The van der Waals surface area contributed by atoms with Crippen molar-refractivity contribution in [3.63, 3.8) is 0 Å². The summed E-state index contributed by atoms with van der Waals surface area (Å²) in [5.74, 6) is 0.0553. The summed E-state index contributed by atoms with van der Waals surface area (Å²) in [5.41, 5.74) is 0. The number of amides is 1. The summed E-state index contributed by atoms with van der Waals surface area (Å²) in [6.07, 6.45) is 2.59. The molecule has 100 valence electrons. The van der Waals surface area contributed by atoms with E-state index in [4.69, 9.17) is 0 Å². The highest BCUT2D eigenvalue weighted by atomic mass is 32.2. The molecule has 1 rings (SSSR count). The molecule has 0 saturated carbocycles. The van der Waals surface area contributed by atoms with Gasteiger partial charge in [-0.05, 0) is 13.0 Å². The standard InChI is InChI=1S/C10H21N3O3S/c1-11-10(14)4-3-5-12-6-8-13(9-7-12)17(2,15)16/h3-9H2,1-2H3,(H,11,14). The van der Waals surface area contributed by atoms with Gasteiger partial charge in [-0.15, -0.1) is 0 Å². The minimum absolute atomic E-state index is 0.0553.